The van der Waals surface area contributed by atoms with Gasteiger partial charge in [0.25, 0.3) is 0 Å². The molecule has 0 saturated carbocycles. The van der Waals surface area contributed by atoms with Gasteiger partial charge in [-0.3, -0.25) is 4.98 Å². The van der Waals surface area contributed by atoms with Crippen molar-refractivity contribution in [2.24, 2.45) is 0 Å². The number of aromatic nitrogens is 1. The topological polar surface area (TPSA) is 50.2 Å². The lowest BCUT2D eigenvalue weighted by Gasteiger charge is -2.05. The lowest BCUT2D eigenvalue weighted by Crippen LogP contribution is -1.98. The minimum Gasteiger partial charge on any atom is -0.478 e. The van der Waals surface area contributed by atoms with Gasteiger partial charge in [-0.05, 0) is 35.4 Å². The Kier molecular flexibility index (Phi) is 3.40. The van der Waals surface area contributed by atoms with E-state index in [2.05, 4.69) is 4.98 Å². The minimum atomic E-state index is -0.950. The highest BCUT2D eigenvalue weighted by molar-refractivity contribution is 6.31. The maximum absolute atomic E-state index is 10.9. The number of rotatable bonds is 3. The van der Waals surface area contributed by atoms with Crippen LogP contribution in [0.25, 0.3) is 0 Å². The molecule has 0 amide bonds. The third-order valence-corrected chi connectivity index (χ3v) is 2.78. The van der Waals surface area contributed by atoms with Gasteiger partial charge >= 0.3 is 5.97 Å². The summed E-state index contributed by atoms with van der Waals surface area (Å²) in [4.78, 5) is 14.9. The fourth-order valence-corrected chi connectivity index (χ4v) is 1.75. The van der Waals surface area contributed by atoms with Crippen molar-refractivity contribution < 1.29 is 9.90 Å². The zero-order chi connectivity index (χ0) is 12.3. The van der Waals surface area contributed by atoms with Crippen molar-refractivity contribution in [2.75, 3.05) is 0 Å². The number of benzene rings is 1. The van der Waals surface area contributed by atoms with Crippen LogP contribution in [0, 0.1) is 0 Å². The molecule has 0 bridgehead atoms. The smallest absolute Gasteiger partial charge is 0.335 e. The number of carboxylic acid groups (broad SMARTS) is 1. The van der Waals surface area contributed by atoms with E-state index >= 15 is 0 Å². The van der Waals surface area contributed by atoms with Gasteiger partial charge in [0.05, 0.1) is 5.56 Å². The van der Waals surface area contributed by atoms with Gasteiger partial charge in [-0.1, -0.05) is 17.7 Å². The Morgan fingerprint density at radius 2 is 2.18 bits per heavy atom. The van der Waals surface area contributed by atoms with Crippen molar-refractivity contribution >= 4 is 17.6 Å². The highest BCUT2D eigenvalue weighted by atomic mass is 35.5. The summed E-state index contributed by atoms with van der Waals surface area (Å²) in [5, 5.41) is 9.48. The molecule has 1 N–H and O–H groups in total. The van der Waals surface area contributed by atoms with Crippen LogP contribution in [0.2, 0.25) is 5.02 Å². The standard InChI is InChI=1S/C13H10ClNO2/c14-12-4-3-10(13(16)17)7-11(12)6-9-2-1-5-15-8-9/h1-5,7-8H,6H2,(H,16,17). The van der Waals surface area contributed by atoms with E-state index in [0.717, 1.165) is 11.1 Å². The molecule has 1 aromatic heterocycles. The van der Waals surface area contributed by atoms with Gasteiger partial charge < -0.3 is 5.11 Å². The molecule has 17 heavy (non-hydrogen) atoms. The molecule has 0 aliphatic heterocycles. The van der Waals surface area contributed by atoms with Gasteiger partial charge in [0, 0.05) is 23.8 Å². The van der Waals surface area contributed by atoms with E-state index in [1.165, 1.54) is 6.07 Å². The molecule has 0 unspecified atom stereocenters. The average Bonchev–Trinajstić information content (AvgIpc) is 2.33. The first-order valence-corrected chi connectivity index (χ1v) is 5.45. The fourth-order valence-electron chi connectivity index (χ4n) is 1.57. The van der Waals surface area contributed by atoms with Crippen molar-refractivity contribution in [3.05, 3.63) is 64.4 Å². The largest absolute Gasteiger partial charge is 0.478 e. The molecule has 86 valence electrons. The molecule has 2 rings (SSSR count). The van der Waals surface area contributed by atoms with E-state index < -0.39 is 5.97 Å². The second-order valence-electron chi connectivity index (χ2n) is 3.65. The maximum atomic E-state index is 10.9. The Morgan fingerprint density at radius 3 is 2.82 bits per heavy atom. The lowest BCUT2D eigenvalue weighted by molar-refractivity contribution is 0.0697. The molecule has 2 aromatic rings. The normalized spacial score (nSPS) is 10.2. The van der Waals surface area contributed by atoms with Crippen LogP contribution in [0.5, 0.6) is 0 Å². The van der Waals surface area contributed by atoms with Crippen LogP contribution in [0.3, 0.4) is 0 Å². The van der Waals surface area contributed by atoms with Gasteiger partial charge in [-0.2, -0.15) is 0 Å². The van der Waals surface area contributed by atoms with Crippen molar-refractivity contribution in [2.45, 2.75) is 6.42 Å². The third kappa shape index (κ3) is 2.82. The zero-order valence-electron chi connectivity index (χ0n) is 8.93. The Hall–Kier alpha value is -1.87. The van der Waals surface area contributed by atoms with E-state index in [1.807, 2.05) is 12.1 Å². The molecular formula is C13H10ClNO2. The number of halogens is 1. The monoisotopic (exact) mass is 247 g/mol. The quantitative estimate of drug-likeness (QED) is 0.907. The second kappa shape index (κ2) is 4.97. The van der Waals surface area contributed by atoms with E-state index in [4.69, 9.17) is 16.7 Å². The van der Waals surface area contributed by atoms with Crippen LogP contribution < -0.4 is 0 Å². The van der Waals surface area contributed by atoms with Gasteiger partial charge in [0.1, 0.15) is 0 Å². The first-order valence-electron chi connectivity index (χ1n) is 5.07. The molecule has 0 aliphatic carbocycles. The van der Waals surface area contributed by atoms with Crippen LogP contribution in [0.15, 0.2) is 42.7 Å². The molecule has 1 aromatic carbocycles. The minimum absolute atomic E-state index is 0.244. The van der Waals surface area contributed by atoms with Gasteiger partial charge in [-0.15, -0.1) is 0 Å². The Labute approximate surface area is 104 Å². The Bertz CT molecular complexity index is 540. The lowest BCUT2D eigenvalue weighted by atomic mass is 10.0. The van der Waals surface area contributed by atoms with Crippen LogP contribution in [-0.2, 0) is 6.42 Å². The van der Waals surface area contributed by atoms with E-state index in [0.29, 0.717) is 11.4 Å². The summed E-state index contributed by atoms with van der Waals surface area (Å²) in [6, 6.07) is 8.47. The van der Waals surface area contributed by atoms with Crippen molar-refractivity contribution in [1.29, 1.82) is 0 Å². The first-order chi connectivity index (χ1) is 8.16. The summed E-state index contributed by atoms with van der Waals surface area (Å²) in [5.41, 5.74) is 2.03. The molecule has 0 spiro atoms. The van der Waals surface area contributed by atoms with Crippen LogP contribution in [0.1, 0.15) is 21.5 Å². The predicted octanol–water partition coefficient (Wildman–Crippen LogP) is 3.02. The Morgan fingerprint density at radius 1 is 1.35 bits per heavy atom. The molecular weight excluding hydrogens is 238 g/mol. The molecule has 0 atom stereocenters. The van der Waals surface area contributed by atoms with Crippen LogP contribution >= 0.6 is 11.6 Å². The molecule has 1 heterocycles. The molecule has 0 radical (unpaired) electrons. The molecule has 4 heteroatoms. The van der Waals surface area contributed by atoms with Gasteiger partial charge in [0.15, 0.2) is 0 Å². The maximum Gasteiger partial charge on any atom is 0.335 e. The van der Waals surface area contributed by atoms with E-state index in [-0.39, 0.29) is 5.56 Å². The summed E-state index contributed by atoms with van der Waals surface area (Å²) in [5.74, 6) is -0.950. The summed E-state index contributed by atoms with van der Waals surface area (Å²) in [6.07, 6.45) is 4.01. The summed E-state index contributed by atoms with van der Waals surface area (Å²) < 4.78 is 0. The number of hydrogen-bond donors (Lipinski definition) is 1. The van der Waals surface area contributed by atoms with Crippen LogP contribution in [-0.4, -0.2) is 16.1 Å². The predicted molar refractivity (Wildman–Crippen MR) is 65.5 cm³/mol. The van der Waals surface area contributed by atoms with Crippen molar-refractivity contribution in [3.63, 3.8) is 0 Å². The summed E-state index contributed by atoms with van der Waals surface area (Å²) >= 11 is 6.04. The number of nitrogens with zero attached hydrogens (tertiary/aromatic N) is 1. The third-order valence-electron chi connectivity index (χ3n) is 2.41. The zero-order valence-corrected chi connectivity index (χ0v) is 9.69. The number of carbonyl (C=O) groups is 1. The molecule has 0 fully saturated rings. The van der Waals surface area contributed by atoms with E-state index in [9.17, 15) is 4.79 Å². The molecule has 3 nitrogen and oxygen atoms in total. The van der Waals surface area contributed by atoms with Gasteiger partial charge in [0.2, 0.25) is 0 Å². The number of hydrogen-bond acceptors (Lipinski definition) is 2. The van der Waals surface area contributed by atoms with E-state index in [1.54, 1.807) is 24.5 Å². The van der Waals surface area contributed by atoms with Crippen molar-refractivity contribution in [1.82, 2.24) is 4.98 Å². The number of pyridine rings is 1. The molecule has 0 aliphatic rings. The van der Waals surface area contributed by atoms with Gasteiger partial charge in [-0.25, -0.2) is 4.79 Å². The number of carboxylic acids is 1. The molecule has 0 saturated heterocycles. The fraction of sp³-hybridized carbons (Fsp3) is 0.0769. The SMILES string of the molecule is O=C(O)c1ccc(Cl)c(Cc2cccnc2)c1. The first kappa shape index (κ1) is 11.6. The van der Waals surface area contributed by atoms with Crippen molar-refractivity contribution in [3.8, 4) is 0 Å². The second-order valence-corrected chi connectivity index (χ2v) is 4.06. The highest BCUT2D eigenvalue weighted by Gasteiger charge is 2.07. The Balaban J connectivity index is 2.32. The summed E-state index contributed by atoms with van der Waals surface area (Å²) in [6.45, 7) is 0. The number of aromatic carboxylic acids is 1. The summed E-state index contributed by atoms with van der Waals surface area (Å²) in [7, 11) is 0. The van der Waals surface area contributed by atoms with Crippen LogP contribution in [0.4, 0.5) is 0 Å². The highest BCUT2D eigenvalue weighted by Crippen LogP contribution is 2.20. The average molecular weight is 248 g/mol.